The van der Waals surface area contributed by atoms with Gasteiger partial charge in [0.1, 0.15) is 5.75 Å². The van der Waals surface area contributed by atoms with Gasteiger partial charge in [-0.3, -0.25) is 9.10 Å². The van der Waals surface area contributed by atoms with E-state index in [0.29, 0.717) is 31.8 Å². The van der Waals surface area contributed by atoms with Crippen molar-refractivity contribution < 1.29 is 17.9 Å². The van der Waals surface area contributed by atoms with E-state index >= 15 is 0 Å². The number of fused-ring (bicyclic) bond motifs is 1. The van der Waals surface area contributed by atoms with Crippen LogP contribution >= 0.6 is 0 Å². The van der Waals surface area contributed by atoms with Crippen molar-refractivity contribution in [3.05, 3.63) is 126 Å². The Bertz CT molecular complexity index is 1420. The second-order valence-corrected chi connectivity index (χ2v) is 10.8. The predicted molar refractivity (Wildman–Crippen MR) is 144 cm³/mol. The van der Waals surface area contributed by atoms with E-state index in [1.54, 1.807) is 17.0 Å². The Labute approximate surface area is 217 Å². The molecule has 0 unspecified atom stereocenters. The Balaban J connectivity index is 1.26. The van der Waals surface area contributed by atoms with Crippen molar-refractivity contribution in [3.8, 4) is 5.75 Å². The Kier molecular flexibility index (Phi) is 7.23. The first-order chi connectivity index (χ1) is 18.0. The van der Waals surface area contributed by atoms with Crippen molar-refractivity contribution >= 4 is 21.6 Å². The van der Waals surface area contributed by atoms with Crippen LogP contribution in [-0.2, 0) is 34.3 Å². The van der Waals surface area contributed by atoms with Crippen molar-refractivity contribution in [1.82, 2.24) is 4.90 Å². The molecular formula is C30H28N2O4S. The number of anilines is 1. The van der Waals surface area contributed by atoms with E-state index in [0.717, 1.165) is 22.4 Å². The van der Waals surface area contributed by atoms with Gasteiger partial charge in [0.25, 0.3) is 15.9 Å². The normalized spacial score (nSPS) is 12.7. The lowest BCUT2D eigenvalue weighted by Crippen LogP contribution is -2.34. The molecule has 7 heteroatoms. The minimum absolute atomic E-state index is 0.148. The molecule has 4 aromatic carbocycles. The Morgan fingerprint density at radius 3 is 1.95 bits per heavy atom. The molecule has 1 aliphatic heterocycles. The molecule has 188 valence electrons. The maximum Gasteiger partial charge on any atom is 0.264 e. The van der Waals surface area contributed by atoms with Gasteiger partial charge < -0.3 is 9.64 Å². The smallest absolute Gasteiger partial charge is 0.264 e. The van der Waals surface area contributed by atoms with Gasteiger partial charge in [0, 0.05) is 19.6 Å². The summed E-state index contributed by atoms with van der Waals surface area (Å²) in [5, 5.41) is 0. The summed E-state index contributed by atoms with van der Waals surface area (Å²) in [6.45, 7) is 1.21. The van der Waals surface area contributed by atoms with E-state index in [1.165, 1.54) is 16.4 Å². The van der Waals surface area contributed by atoms with Gasteiger partial charge in [-0.2, -0.15) is 0 Å². The van der Waals surface area contributed by atoms with Crippen molar-refractivity contribution in [2.45, 2.75) is 24.4 Å². The van der Waals surface area contributed by atoms with Crippen LogP contribution in [0.3, 0.4) is 0 Å². The highest BCUT2D eigenvalue weighted by molar-refractivity contribution is 7.92. The Morgan fingerprint density at radius 1 is 0.757 bits per heavy atom. The first kappa shape index (κ1) is 24.6. The van der Waals surface area contributed by atoms with Crippen LogP contribution in [0.25, 0.3) is 0 Å². The number of carbonyl (C=O) groups is 1. The topological polar surface area (TPSA) is 66.9 Å². The molecule has 0 atom stereocenters. The summed E-state index contributed by atoms with van der Waals surface area (Å²) in [5.74, 6) is 0.284. The zero-order chi connectivity index (χ0) is 25.7. The first-order valence-electron chi connectivity index (χ1n) is 12.2. The number of rotatable bonds is 9. The van der Waals surface area contributed by atoms with Crippen LogP contribution in [0.5, 0.6) is 5.75 Å². The van der Waals surface area contributed by atoms with E-state index in [4.69, 9.17) is 4.74 Å². The van der Waals surface area contributed by atoms with Gasteiger partial charge in [-0.05, 0) is 53.4 Å². The molecule has 6 nitrogen and oxygen atoms in total. The second kappa shape index (κ2) is 10.9. The average molecular weight is 513 g/mol. The average Bonchev–Trinajstić information content (AvgIpc) is 3.38. The fraction of sp³-hybridized carbons (Fsp3) is 0.167. The van der Waals surface area contributed by atoms with Crippen LogP contribution in [0.15, 0.2) is 114 Å². The maximum absolute atomic E-state index is 13.2. The van der Waals surface area contributed by atoms with Gasteiger partial charge in [0.2, 0.25) is 0 Å². The monoisotopic (exact) mass is 512 g/mol. The van der Waals surface area contributed by atoms with E-state index in [2.05, 4.69) is 0 Å². The summed E-state index contributed by atoms with van der Waals surface area (Å²) in [6.07, 6.45) is 0.696. The largest absolute Gasteiger partial charge is 0.484 e. The minimum Gasteiger partial charge on any atom is -0.484 e. The van der Waals surface area contributed by atoms with Crippen LogP contribution in [-0.4, -0.2) is 32.4 Å². The number of sulfonamides is 1. The third-order valence-corrected chi connectivity index (χ3v) is 8.23. The van der Waals surface area contributed by atoms with Crippen LogP contribution in [0.1, 0.15) is 16.7 Å². The molecule has 1 heterocycles. The molecule has 0 N–H and O–H groups in total. The van der Waals surface area contributed by atoms with Crippen molar-refractivity contribution in [2.24, 2.45) is 0 Å². The molecule has 37 heavy (non-hydrogen) atoms. The highest BCUT2D eigenvalue weighted by atomic mass is 32.2. The van der Waals surface area contributed by atoms with Crippen LogP contribution in [0.2, 0.25) is 0 Å². The van der Waals surface area contributed by atoms with Gasteiger partial charge >= 0.3 is 0 Å². The predicted octanol–water partition coefficient (Wildman–Crippen LogP) is 5.05. The quantitative estimate of drug-likeness (QED) is 0.315. The second-order valence-electron chi connectivity index (χ2n) is 8.94. The molecule has 0 aliphatic carbocycles. The van der Waals surface area contributed by atoms with Crippen molar-refractivity contribution in [1.29, 1.82) is 0 Å². The number of benzene rings is 4. The molecule has 5 rings (SSSR count). The molecule has 0 saturated carbocycles. The zero-order valence-corrected chi connectivity index (χ0v) is 21.2. The molecule has 0 fully saturated rings. The first-order valence-corrected chi connectivity index (χ1v) is 13.6. The van der Waals surface area contributed by atoms with Gasteiger partial charge in [-0.1, -0.05) is 78.9 Å². The maximum atomic E-state index is 13.2. The number of hydrogen-bond acceptors (Lipinski definition) is 4. The number of carbonyl (C=O) groups excluding carboxylic acids is 1. The highest BCUT2D eigenvalue weighted by Gasteiger charge is 2.30. The van der Waals surface area contributed by atoms with Crippen LogP contribution in [0, 0.1) is 0 Å². The number of ether oxygens (including phenoxy) is 1. The fourth-order valence-corrected chi connectivity index (χ4v) is 5.97. The van der Waals surface area contributed by atoms with E-state index in [-0.39, 0.29) is 17.4 Å². The van der Waals surface area contributed by atoms with Gasteiger partial charge in [-0.25, -0.2) is 8.42 Å². The SMILES string of the molecule is O=C(COc1ccc(S(=O)(=O)N2CCc3ccccc32)cc1)N(Cc1ccccc1)Cc1ccccc1. The molecule has 1 amide bonds. The minimum atomic E-state index is -3.68. The third-order valence-electron chi connectivity index (χ3n) is 6.40. The van der Waals surface area contributed by atoms with Gasteiger partial charge in [0.05, 0.1) is 10.6 Å². The molecule has 0 aromatic heterocycles. The molecule has 1 aliphatic rings. The van der Waals surface area contributed by atoms with Crippen LogP contribution in [0.4, 0.5) is 5.69 Å². The summed E-state index contributed by atoms with van der Waals surface area (Å²) >= 11 is 0. The number of hydrogen-bond donors (Lipinski definition) is 0. The third kappa shape index (κ3) is 5.67. The summed E-state index contributed by atoms with van der Waals surface area (Å²) in [6, 6.07) is 33.5. The van der Waals surface area contributed by atoms with Gasteiger partial charge in [-0.15, -0.1) is 0 Å². The molecular weight excluding hydrogens is 484 g/mol. The molecule has 0 spiro atoms. The number of amides is 1. The highest BCUT2D eigenvalue weighted by Crippen LogP contribution is 2.33. The number of nitrogens with zero attached hydrogens (tertiary/aromatic N) is 2. The molecule has 0 radical (unpaired) electrons. The van der Waals surface area contributed by atoms with Crippen LogP contribution < -0.4 is 9.04 Å². The lowest BCUT2D eigenvalue weighted by Gasteiger charge is -2.23. The molecule has 0 saturated heterocycles. The molecule has 0 bridgehead atoms. The van der Waals surface area contributed by atoms with Crippen molar-refractivity contribution in [2.75, 3.05) is 17.5 Å². The zero-order valence-electron chi connectivity index (χ0n) is 20.4. The van der Waals surface area contributed by atoms with Gasteiger partial charge in [0.15, 0.2) is 6.61 Å². The van der Waals surface area contributed by atoms with E-state index in [9.17, 15) is 13.2 Å². The van der Waals surface area contributed by atoms with E-state index < -0.39 is 10.0 Å². The molecule has 4 aromatic rings. The Morgan fingerprint density at radius 2 is 1.32 bits per heavy atom. The summed E-state index contributed by atoms with van der Waals surface area (Å²) < 4.78 is 33.7. The van der Waals surface area contributed by atoms with E-state index in [1.807, 2.05) is 84.9 Å². The lowest BCUT2D eigenvalue weighted by atomic mass is 10.1. The van der Waals surface area contributed by atoms with Crippen molar-refractivity contribution in [3.63, 3.8) is 0 Å². The summed E-state index contributed by atoms with van der Waals surface area (Å²) in [4.78, 5) is 15.1. The lowest BCUT2D eigenvalue weighted by molar-refractivity contribution is -0.134. The summed E-state index contributed by atoms with van der Waals surface area (Å²) in [7, 11) is -3.68. The fourth-order valence-electron chi connectivity index (χ4n) is 4.47. The standard InChI is InChI=1S/C30H28N2O4S/c33-30(31(21-24-9-3-1-4-10-24)22-25-11-5-2-6-12-25)23-36-27-15-17-28(18-16-27)37(34,35)32-20-19-26-13-7-8-14-29(26)32/h1-18H,19-23H2. The number of para-hydroxylation sites is 1. The Hall–Kier alpha value is -4.10. The summed E-state index contributed by atoms with van der Waals surface area (Å²) in [5.41, 5.74) is 3.82.